The number of amides is 1. The first-order chi connectivity index (χ1) is 16.6. The van der Waals surface area contributed by atoms with Crippen molar-refractivity contribution in [3.63, 3.8) is 0 Å². The van der Waals surface area contributed by atoms with Crippen LogP contribution in [0.5, 0.6) is 0 Å². The van der Waals surface area contributed by atoms with Crippen molar-refractivity contribution in [2.24, 2.45) is 0 Å². The monoisotopic (exact) mass is 523 g/mol. The number of carbonyl (C=O) groups excluding carboxylic acids is 1. The summed E-state index contributed by atoms with van der Waals surface area (Å²) < 4.78 is 66.3. The van der Waals surface area contributed by atoms with Gasteiger partial charge in [-0.2, -0.15) is 17.5 Å². The summed E-state index contributed by atoms with van der Waals surface area (Å²) in [6, 6.07) is 11.6. The average Bonchev–Trinajstić information content (AvgIpc) is 3.53. The van der Waals surface area contributed by atoms with Crippen LogP contribution in [0.25, 0.3) is 10.6 Å². The lowest BCUT2D eigenvalue weighted by Gasteiger charge is -2.34. The molecule has 8 nitrogen and oxygen atoms in total. The molecule has 2 aliphatic heterocycles. The highest BCUT2D eigenvalue weighted by atomic mass is 32.2. The van der Waals surface area contributed by atoms with E-state index >= 15 is 0 Å². The number of halogens is 3. The van der Waals surface area contributed by atoms with Crippen molar-refractivity contribution >= 4 is 38.8 Å². The molecule has 0 atom stereocenters. The summed E-state index contributed by atoms with van der Waals surface area (Å²) in [6.45, 7) is 1.16. The van der Waals surface area contributed by atoms with E-state index in [1.54, 1.807) is 11.3 Å². The molecule has 0 bridgehead atoms. The van der Waals surface area contributed by atoms with Gasteiger partial charge in [0.1, 0.15) is 5.69 Å². The number of aromatic nitrogens is 2. The maximum Gasteiger partial charge on any atom is 0.471 e. The summed E-state index contributed by atoms with van der Waals surface area (Å²) in [5, 5.41) is 10.5. The molecule has 13 heteroatoms. The second-order valence-electron chi connectivity index (χ2n) is 8.14. The number of benzene rings is 1. The van der Waals surface area contributed by atoms with E-state index in [0.717, 1.165) is 10.6 Å². The summed E-state index contributed by atoms with van der Waals surface area (Å²) in [6.07, 6.45) is -4.82. The first-order valence-corrected chi connectivity index (χ1v) is 13.1. The molecule has 1 amide bonds. The number of fused-ring (bicyclic) bond motifs is 1. The normalized spacial score (nSPS) is 17.0. The van der Waals surface area contributed by atoms with Crippen LogP contribution >= 0.6 is 11.3 Å². The fourth-order valence-electron chi connectivity index (χ4n) is 4.26. The SMILES string of the molecule is O=C(N1CCc2cc(S(=O)(=O)N3CCN(c4ccc(-c5cccs5)nn4)CC3)ccc21)C(F)(F)F. The number of carbonyl (C=O) groups is 1. The molecule has 0 spiro atoms. The number of sulfonamides is 1. The number of thiophene rings is 1. The molecule has 0 radical (unpaired) electrons. The Balaban J connectivity index is 1.27. The Kier molecular flexibility index (Phi) is 6.01. The number of hydrogen-bond acceptors (Lipinski definition) is 7. The van der Waals surface area contributed by atoms with E-state index in [9.17, 15) is 26.4 Å². The average molecular weight is 524 g/mol. The number of alkyl halides is 3. The minimum Gasteiger partial charge on any atom is -0.352 e. The zero-order chi connectivity index (χ0) is 24.8. The van der Waals surface area contributed by atoms with Crippen LogP contribution in [0.1, 0.15) is 5.56 Å². The molecule has 1 saturated heterocycles. The van der Waals surface area contributed by atoms with Crippen LogP contribution in [-0.4, -0.2) is 67.7 Å². The predicted octanol–water partition coefficient (Wildman–Crippen LogP) is 3.17. The molecule has 35 heavy (non-hydrogen) atoms. The summed E-state index contributed by atoms with van der Waals surface area (Å²) in [4.78, 5) is 15.3. The van der Waals surface area contributed by atoms with Crippen molar-refractivity contribution in [3.8, 4) is 10.6 Å². The Hall–Kier alpha value is -3.03. The van der Waals surface area contributed by atoms with E-state index in [0.29, 0.717) is 29.4 Å². The number of anilines is 2. The Morgan fingerprint density at radius 3 is 2.37 bits per heavy atom. The Bertz CT molecular complexity index is 1340. The molecular formula is C22H20F3N5O3S2. The van der Waals surface area contributed by atoms with Crippen molar-refractivity contribution < 1.29 is 26.4 Å². The molecule has 1 aromatic carbocycles. The fourth-order valence-corrected chi connectivity index (χ4v) is 6.42. The van der Waals surface area contributed by atoms with Crippen LogP contribution < -0.4 is 9.80 Å². The standard InChI is InChI=1S/C22H20F3N5O3S2/c23-22(24,25)21(31)30-8-7-15-14-16(3-5-18(15)30)35(32,33)29-11-9-28(10-12-29)20-6-4-17(26-27-20)19-2-1-13-34-19/h1-6,13-14H,7-12H2. The molecule has 0 N–H and O–H groups in total. The molecule has 2 aromatic heterocycles. The Morgan fingerprint density at radius 2 is 1.74 bits per heavy atom. The van der Waals surface area contributed by atoms with Gasteiger partial charge in [0.05, 0.1) is 9.77 Å². The molecule has 5 rings (SSSR count). The number of hydrogen-bond donors (Lipinski definition) is 0. The fraction of sp³-hybridized carbons (Fsp3) is 0.318. The van der Waals surface area contributed by atoms with Crippen LogP contribution in [0.2, 0.25) is 0 Å². The summed E-state index contributed by atoms with van der Waals surface area (Å²) >= 11 is 1.57. The maximum atomic E-state index is 13.2. The molecule has 0 unspecified atom stereocenters. The third-order valence-electron chi connectivity index (χ3n) is 6.06. The third kappa shape index (κ3) is 4.50. The van der Waals surface area contributed by atoms with Gasteiger partial charge in [0.15, 0.2) is 5.82 Å². The largest absolute Gasteiger partial charge is 0.471 e. The predicted molar refractivity (Wildman–Crippen MR) is 125 cm³/mol. The van der Waals surface area contributed by atoms with Gasteiger partial charge >= 0.3 is 12.1 Å². The summed E-state index contributed by atoms with van der Waals surface area (Å²) in [5.41, 5.74) is 1.28. The minimum atomic E-state index is -4.99. The van der Waals surface area contributed by atoms with Gasteiger partial charge in [0.25, 0.3) is 0 Å². The topological polar surface area (TPSA) is 86.7 Å². The number of nitrogens with zero attached hydrogens (tertiary/aromatic N) is 5. The van der Waals surface area contributed by atoms with Crippen molar-refractivity contribution in [1.82, 2.24) is 14.5 Å². The Morgan fingerprint density at radius 1 is 0.971 bits per heavy atom. The third-order valence-corrected chi connectivity index (χ3v) is 8.85. The summed E-state index contributed by atoms with van der Waals surface area (Å²) in [5.74, 6) is -1.29. The highest BCUT2D eigenvalue weighted by Crippen LogP contribution is 2.34. The molecule has 0 aliphatic carbocycles. The van der Waals surface area contributed by atoms with Crippen molar-refractivity contribution in [2.45, 2.75) is 17.5 Å². The van der Waals surface area contributed by atoms with Gasteiger partial charge in [-0.1, -0.05) is 6.07 Å². The highest BCUT2D eigenvalue weighted by Gasteiger charge is 2.45. The van der Waals surface area contributed by atoms with Crippen LogP contribution in [0.3, 0.4) is 0 Å². The zero-order valence-electron chi connectivity index (χ0n) is 18.3. The first-order valence-electron chi connectivity index (χ1n) is 10.8. The van der Waals surface area contributed by atoms with Gasteiger partial charge in [-0.3, -0.25) is 4.79 Å². The first kappa shape index (κ1) is 23.7. The van der Waals surface area contributed by atoms with E-state index in [4.69, 9.17) is 0 Å². The van der Waals surface area contributed by atoms with E-state index < -0.39 is 22.1 Å². The molecule has 4 heterocycles. The van der Waals surface area contributed by atoms with Crippen LogP contribution in [0.15, 0.2) is 52.7 Å². The molecule has 0 saturated carbocycles. The van der Waals surface area contributed by atoms with Crippen LogP contribution in [0, 0.1) is 0 Å². The lowest BCUT2D eigenvalue weighted by atomic mass is 10.2. The van der Waals surface area contributed by atoms with Crippen molar-refractivity contribution in [2.75, 3.05) is 42.5 Å². The van der Waals surface area contributed by atoms with E-state index in [1.165, 1.54) is 22.5 Å². The molecular weight excluding hydrogens is 503 g/mol. The van der Waals surface area contributed by atoms with Crippen molar-refractivity contribution in [3.05, 3.63) is 53.4 Å². The van der Waals surface area contributed by atoms with Crippen molar-refractivity contribution in [1.29, 1.82) is 0 Å². The molecule has 3 aromatic rings. The quantitative estimate of drug-likeness (QED) is 0.522. The molecule has 1 fully saturated rings. The second-order valence-corrected chi connectivity index (χ2v) is 11.0. The van der Waals surface area contributed by atoms with Gasteiger partial charge in [-0.05, 0) is 53.8 Å². The molecule has 2 aliphatic rings. The zero-order valence-corrected chi connectivity index (χ0v) is 19.9. The Labute approximate surface area is 203 Å². The van der Waals surface area contributed by atoms with E-state index in [1.807, 2.05) is 34.5 Å². The lowest BCUT2D eigenvalue weighted by molar-refractivity contribution is -0.170. The molecule has 184 valence electrons. The van der Waals surface area contributed by atoms with Gasteiger partial charge in [-0.15, -0.1) is 21.5 Å². The second kappa shape index (κ2) is 8.88. The van der Waals surface area contributed by atoms with E-state index in [-0.39, 0.29) is 36.6 Å². The van der Waals surface area contributed by atoms with Gasteiger partial charge < -0.3 is 9.80 Å². The van der Waals surface area contributed by atoms with Gasteiger partial charge in [0.2, 0.25) is 10.0 Å². The lowest BCUT2D eigenvalue weighted by Crippen LogP contribution is -2.49. The summed E-state index contributed by atoms with van der Waals surface area (Å²) in [7, 11) is -3.85. The minimum absolute atomic E-state index is 0.00565. The van der Waals surface area contributed by atoms with Crippen LogP contribution in [-0.2, 0) is 21.2 Å². The highest BCUT2D eigenvalue weighted by molar-refractivity contribution is 7.89. The van der Waals surface area contributed by atoms with Gasteiger partial charge in [0, 0.05) is 38.4 Å². The maximum absolute atomic E-state index is 13.2. The smallest absolute Gasteiger partial charge is 0.352 e. The number of rotatable bonds is 4. The van der Waals surface area contributed by atoms with E-state index in [2.05, 4.69) is 10.2 Å². The van der Waals surface area contributed by atoms with Gasteiger partial charge in [-0.25, -0.2) is 8.42 Å². The van der Waals surface area contributed by atoms with Crippen LogP contribution in [0.4, 0.5) is 24.7 Å². The number of piperazine rings is 1.